The van der Waals surface area contributed by atoms with Gasteiger partial charge >= 0.3 is 0 Å². The van der Waals surface area contributed by atoms with Gasteiger partial charge in [-0.1, -0.05) is 0 Å². The summed E-state index contributed by atoms with van der Waals surface area (Å²) in [6.45, 7) is 1.68. The molecule has 0 aromatic heterocycles. The Morgan fingerprint density at radius 3 is 2.39 bits per heavy atom. The van der Waals surface area contributed by atoms with Crippen LogP contribution in [0, 0.1) is 27.7 Å². The van der Waals surface area contributed by atoms with Crippen LogP contribution in [-0.2, 0) is 9.59 Å². The van der Waals surface area contributed by atoms with Crippen LogP contribution in [0.4, 0.5) is 25.8 Å². The molecule has 31 heavy (non-hydrogen) atoms. The molecular formula is C21H22F2N4O4. The largest absolute Gasteiger partial charge is 0.326 e. The molecule has 0 radical (unpaired) electrons. The molecule has 3 rings (SSSR count). The lowest BCUT2D eigenvalue weighted by Crippen LogP contribution is -2.39. The second-order valence-electron chi connectivity index (χ2n) is 7.33. The first kappa shape index (κ1) is 22.3. The number of halogens is 2. The molecular weight excluding hydrogens is 410 g/mol. The molecule has 2 N–H and O–H groups in total. The van der Waals surface area contributed by atoms with E-state index in [0.717, 1.165) is 18.2 Å². The number of nitrogens with one attached hydrogen (secondary N) is 2. The van der Waals surface area contributed by atoms with Gasteiger partial charge in [0.2, 0.25) is 11.8 Å². The van der Waals surface area contributed by atoms with Crippen molar-refractivity contribution in [3.05, 3.63) is 64.2 Å². The van der Waals surface area contributed by atoms with Gasteiger partial charge in [0.15, 0.2) is 0 Å². The van der Waals surface area contributed by atoms with E-state index in [1.807, 2.05) is 4.90 Å². The fraction of sp³-hybridized carbons (Fsp3) is 0.333. The van der Waals surface area contributed by atoms with E-state index in [1.165, 1.54) is 24.3 Å². The molecule has 0 spiro atoms. The highest BCUT2D eigenvalue weighted by Gasteiger charge is 2.25. The van der Waals surface area contributed by atoms with Gasteiger partial charge in [0, 0.05) is 36.7 Å². The van der Waals surface area contributed by atoms with Gasteiger partial charge in [-0.25, -0.2) is 8.78 Å². The number of nitro groups is 1. The highest BCUT2D eigenvalue weighted by atomic mass is 19.1. The Kier molecular flexibility index (Phi) is 7.24. The van der Waals surface area contributed by atoms with E-state index in [9.17, 15) is 28.5 Å². The second kappa shape index (κ2) is 10.1. The van der Waals surface area contributed by atoms with Gasteiger partial charge in [-0.3, -0.25) is 19.7 Å². The molecule has 1 aliphatic heterocycles. The van der Waals surface area contributed by atoms with Crippen molar-refractivity contribution in [3.63, 3.8) is 0 Å². The van der Waals surface area contributed by atoms with Gasteiger partial charge < -0.3 is 15.5 Å². The number of anilines is 2. The van der Waals surface area contributed by atoms with E-state index in [2.05, 4.69) is 10.6 Å². The summed E-state index contributed by atoms with van der Waals surface area (Å²) in [7, 11) is 0. The maximum atomic E-state index is 13.8. The average molecular weight is 432 g/mol. The first-order chi connectivity index (χ1) is 14.8. The number of rotatable bonds is 7. The van der Waals surface area contributed by atoms with Crippen molar-refractivity contribution >= 4 is 28.9 Å². The van der Waals surface area contributed by atoms with Crippen LogP contribution in [0.15, 0.2) is 42.5 Å². The number of nitrogens with zero attached hydrogens (tertiary/aromatic N) is 2. The molecule has 164 valence electrons. The van der Waals surface area contributed by atoms with Crippen molar-refractivity contribution in [2.75, 3.05) is 30.3 Å². The van der Waals surface area contributed by atoms with Crippen LogP contribution in [-0.4, -0.2) is 41.3 Å². The molecule has 0 aliphatic carbocycles. The number of hydrogen-bond acceptors (Lipinski definition) is 5. The maximum Gasteiger partial charge on any atom is 0.271 e. The summed E-state index contributed by atoms with van der Waals surface area (Å²) in [5.74, 6) is -1.86. The first-order valence-electron chi connectivity index (χ1n) is 9.84. The number of nitro benzene ring substituents is 1. The number of amides is 2. The van der Waals surface area contributed by atoms with Crippen LogP contribution < -0.4 is 10.6 Å². The van der Waals surface area contributed by atoms with Gasteiger partial charge in [-0.15, -0.1) is 0 Å². The monoisotopic (exact) mass is 432 g/mol. The van der Waals surface area contributed by atoms with Crippen LogP contribution in [0.5, 0.6) is 0 Å². The van der Waals surface area contributed by atoms with Crippen molar-refractivity contribution in [1.29, 1.82) is 0 Å². The minimum atomic E-state index is -0.744. The summed E-state index contributed by atoms with van der Waals surface area (Å²) in [5, 5.41) is 15.9. The number of carbonyl (C=O) groups excluding carboxylic acids is 2. The van der Waals surface area contributed by atoms with E-state index in [-0.39, 0.29) is 35.4 Å². The standard InChI is InChI=1S/C21H22F2N4O4/c22-15-1-3-16(4-2-15)24-21(29)14-7-10-26(11-8-14)12-9-20(28)25-19-13-17(27(30)31)5-6-18(19)23/h1-6,13-14H,7-12H2,(H,24,29)(H,25,28). The third-order valence-corrected chi connectivity index (χ3v) is 5.16. The van der Waals surface area contributed by atoms with Gasteiger partial charge in [-0.05, 0) is 56.3 Å². The van der Waals surface area contributed by atoms with Crippen LogP contribution in [0.1, 0.15) is 19.3 Å². The fourth-order valence-electron chi connectivity index (χ4n) is 3.39. The van der Waals surface area contributed by atoms with Crippen molar-refractivity contribution in [2.24, 2.45) is 5.92 Å². The topological polar surface area (TPSA) is 105 Å². The molecule has 0 saturated carbocycles. The maximum absolute atomic E-state index is 13.8. The van der Waals surface area contributed by atoms with Crippen molar-refractivity contribution in [2.45, 2.75) is 19.3 Å². The summed E-state index contributed by atoms with van der Waals surface area (Å²) < 4.78 is 26.7. The fourth-order valence-corrected chi connectivity index (χ4v) is 3.39. The Balaban J connectivity index is 1.42. The van der Waals surface area contributed by atoms with E-state index in [0.29, 0.717) is 38.2 Å². The van der Waals surface area contributed by atoms with Crippen LogP contribution >= 0.6 is 0 Å². The van der Waals surface area contributed by atoms with Crippen LogP contribution in [0.2, 0.25) is 0 Å². The summed E-state index contributed by atoms with van der Waals surface area (Å²) in [6.07, 6.45) is 1.33. The minimum Gasteiger partial charge on any atom is -0.326 e. The lowest BCUT2D eigenvalue weighted by molar-refractivity contribution is -0.384. The first-order valence-corrected chi connectivity index (χ1v) is 9.84. The summed E-state index contributed by atoms with van der Waals surface area (Å²) in [5.41, 5.74) is 0.00643. The van der Waals surface area contributed by atoms with Crippen molar-refractivity contribution in [3.8, 4) is 0 Å². The zero-order valence-corrected chi connectivity index (χ0v) is 16.6. The Morgan fingerprint density at radius 2 is 1.74 bits per heavy atom. The Morgan fingerprint density at radius 1 is 1.06 bits per heavy atom. The minimum absolute atomic E-state index is 0.0918. The molecule has 8 nitrogen and oxygen atoms in total. The molecule has 0 unspecified atom stereocenters. The van der Waals surface area contributed by atoms with Gasteiger partial charge in [-0.2, -0.15) is 0 Å². The van der Waals surface area contributed by atoms with Crippen LogP contribution in [0.3, 0.4) is 0 Å². The van der Waals surface area contributed by atoms with E-state index in [4.69, 9.17) is 0 Å². The van der Waals surface area contributed by atoms with E-state index >= 15 is 0 Å². The highest BCUT2D eigenvalue weighted by Crippen LogP contribution is 2.22. The summed E-state index contributed by atoms with van der Waals surface area (Å²) in [4.78, 5) is 36.7. The Bertz CT molecular complexity index is 960. The lowest BCUT2D eigenvalue weighted by atomic mass is 9.95. The molecule has 2 amide bonds. The van der Waals surface area contributed by atoms with Gasteiger partial charge in [0.05, 0.1) is 10.6 Å². The molecule has 0 bridgehead atoms. The molecule has 1 heterocycles. The number of hydrogen-bond donors (Lipinski definition) is 2. The van der Waals surface area contributed by atoms with Crippen molar-refractivity contribution in [1.82, 2.24) is 4.90 Å². The van der Waals surface area contributed by atoms with Gasteiger partial charge in [0.1, 0.15) is 11.6 Å². The molecule has 1 saturated heterocycles. The lowest BCUT2D eigenvalue weighted by Gasteiger charge is -2.31. The Hall–Kier alpha value is -3.40. The van der Waals surface area contributed by atoms with Crippen molar-refractivity contribution < 1.29 is 23.3 Å². The molecule has 1 aliphatic rings. The third-order valence-electron chi connectivity index (χ3n) is 5.16. The normalized spacial score (nSPS) is 14.8. The van der Waals surface area contributed by atoms with E-state index < -0.39 is 16.6 Å². The zero-order valence-electron chi connectivity index (χ0n) is 16.6. The number of non-ortho nitro benzene ring substituents is 1. The number of likely N-dealkylation sites (tertiary alicyclic amines) is 1. The molecule has 2 aromatic carbocycles. The number of piperidine rings is 1. The molecule has 10 heteroatoms. The van der Waals surface area contributed by atoms with Gasteiger partial charge in [0.25, 0.3) is 5.69 Å². The molecule has 1 fully saturated rings. The predicted octanol–water partition coefficient (Wildman–Crippen LogP) is 3.55. The summed E-state index contributed by atoms with van der Waals surface area (Å²) >= 11 is 0. The predicted molar refractivity (Wildman–Crippen MR) is 110 cm³/mol. The third kappa shape index (κ3) is 6.29. The van der Waals surface area contributed by atoms with Crippen LogP contribution in [0.25, 0.3) is 0 Å². The van der Waals surface area contributed by atoms with E-state index in [1.54, 1.807) is 0 Å². The highest BCUT2D eigenvalue weighted by molar-refractivity contribution is 5.92. The smallest absolute Gasteiger partial charge is 0.271 e. The summed E-state index contributed by atoms with van der Waals surface area (Å²) in [6, 6.07) is 8.53. The molecule has 0 atom stereocenters. The quantitative estimate of drug-likeness (QED) is 0.514. The zero-order chi connectivity index (χ0) is 22.4. The number of benzene rings is 2. The second-order valence-corrected chi connectivity index (χ2v) is 7.33. The number of carbonyl (C=O) groups is 2. The average Bonchev–Trinajstić information content (AvgIpc) is 2.75. The Labute approximate surface area is 177 Å². The SMILES string of the molecule is O=C(CCN1CCC(C(=O)Nc2ccc(F)cc2)CC1)Nc1cc([N+](=O)[O-])ccc1F. The molecule has 2 aromatic rings.